The summed E-state index contributed by atoms with van der Waals surface area (Å²) in [7, 11) is -1.92. The lowest BCUT2D eigenvalue weighted by Crippen LogP contribution is -2.26. The highest BCUT2D eigenvalue weighted by Crippen LogP contribution is 2.31. The van der Waals surface area contributed by atoms with E-state index < -0.39 is 10.0 Å². The number of aryl methyl sites for hydroxylation is 1. The van der Waals surface area contributed by atoms with Gasteiger partial charge in [-0.15, -0.1) is 11.3 Å². The van der Waals surface area contributed by atoms with Gasteiger partial charge in [-0.2, -0.15) is 0 Å². The van der Waals surface area contributed by atoms with Gasteiger partial charge < -0.3 is 4.98 Å². The SMILES string of the molecule is Cc1cc(N(C)S(=O)(=O)c2cccs2)c2[nH]ccc2c1. The molecule has 0 spiro atoms. The van der Waals surface area contributed by atoms with E-state index in [0.29, 0.717) is 9.90 Å². The summed E-state index contributed by atoms with van der Waals surface area (Å²) in [5.74, 6) is 0. The topological polar surface area (TPSA) is 53.2 Å². The lowest BCUT2D eigenvalue weighted by atomic mass is 10.1. The summed E-state index contributed by atoms with van der Waals surface area (Å²) in [6.07, 6.45) is 1.82. The molecule has 1 N–H and O–H groups in total. The summed E-state index contributed by atoms with van der Waals surface area (Å²) in [5, 5.41) is 2.77. The number of H-pyrrole nitrogens is 1. The largest absolute Gasteiger partial charge is 0.359 e. The molecule has 0 radical (unpaired) electrons. The van der Waals surface area contributed by atoms with Crippen molar-refractivity contribution >= 4 is 38.0 Å². The fourth-order valence-corrected chi connectivity index (χ4v) is 4.58. The van der Waals surface area contributed by atoms with Gasteiger partial charge >= 0.3 is 0 Å². The maximum Gasteiger partial charge on any atom is 0.273 e. The Hall–Kier alpha value is -1.79. The smallest absolute Gasteiger partial charge is 0.273 e. The van der Waals surface area contributed by atoms with E-state index in [9.17, 15) is 8.42 Å². The van der Waals surface area contributed by atoms with Gasteiger partial charge in [-0.25, -0.2) is 8.42 Å². The van der Waals surface area contributed by atoms with E-state index in [4.69, 9.17) is 0 Å². The van der Waals surface area contributed by atoms with Crippen molar-refractivity contribution in [3.8, 4) is 0 Å². The predicted molar refractivity (Wildman–Crippen MR) is 82.9 cm³/mol. The van der Waals surface area contributed by atoms with E-state index in [2.05, 4.69) is 4.98 Å². The van der Waals surface area contributed by atoms with Crippen molar-refractivity contribution < 1.29 is 8.42 Å². The zero-order chi connectivity index (χ0) is 14.3. The van der Waals surface area contributed by atoms with Crippen LogP contribution in [0, 0.1) is 6.92 Å². The number of nitrogens with one attached hydrogen (secondary N) is 1. The molecular formula is C14H14N2O2S2. The average Bonchev–Trinajstić information content (AvgIpc) is 3.07. The van der Waals surface area contributed by atoms with Crippen molar-refractivity contribution in [1.82, 2.24) is 4.98 Å². The number of thiophene rings is 1. The van der Waals surface area contributed by atoms with Crippen LogP contribution in [0.4, 0.5) is 5.69 Å². The zero-order valence-corrected chi connectivity index (χ0v) is 12.8. The van der Waals surface area contributed by atoms with Crippen LogP contribution in [0.5, 0.6) is 0 Å². The predicted octanol–water partition coefficient (Wildman–Crippen LogP) is 3.36. The number of aromatic amines is 1. The first-order valence-corrected chi connectivity index (χ1v) is 8.42. The number of rotatable bonds is 3. The highest BCUT2D eigenvalue weighted by atomic mass is 32.2. The van der Waals surface area contributed by atoms with Crippen LogP contribution in [0.1, 0.15) is 5.56 Å². The molecule has 0 saturated carbocycles. The molecule has 0 atom stereocenters. The molecule has 0 aliphatic rings. The minimum atomic E-state index is -3.50. The van der Waals surface area contributed by atoms with Crippen LogP contribution in [-0.4, -0.2) is 20.4 Å². The van der Waals surface area contributed by atoms with Crippen LogP contribution in [0.2, 0.25) is 0 Å². The van der Waals surface area contributed by atoms with Gasteiger partial charge in [0.25, 0.3) is 10.0 Å². The van der Waals surface area contributed by atoms with Crippen molar-refractivity contribution in [2.45, 2.75) is 11.1 Å². The van der Waals surface area contributed by atoms with Crippen molar-refractivity contribution in [1.29, 1.82) is 0 Å². The van der Waals surface area contributed by atoms with Crippen molar-refractivity contribution in [3.05, 3.63) is 47.5 Å². The second-order valence-electron chi connectivity index (χ2n) is 4.63. The van der Waals surface area contributed by atoms with Gasteiger partial charge in [-0.3, -0.25) is 4.31 Å². The third-order valence-electron chi connectivity index (χ3n) is 3.23. The van der Waals surface area contributed by atoms with E-state index in [0.717, 1.165) is 16.5 Å². The number of hydrogen-bond donors (Lipinski definition) is 1. The first-order chi connectivity index (χ1) is 9.50. The summed E-state index contributed by atoms with van der Waals surface area (Å²) in [5.41, 5.74) is 2.52. The fraction of sp³-hybridized carbons (Fsp3) is 0.143. The van der Waals surface area contributed by atoms with Gasteiger partial charge in [0.05, 0.1) is 11.2 Å². The second-order valence-corrected chi connectivity index (χ2v) is 7.77. The molecule has 0 unspecified atom stereocenters. The fourth-order valence-electron chi connectivity index (χ4n) is 2.22. The van der Waals surface area contributed by atoms with E-state index in [-0.39, 0.29) is 0 Å². The van der Waals surface area contributed by atoms with Crippen molar-refractivity contribution in [3.63, 3.8) is 0 Å². The molecule has 0 fully saturated rings. The number of sulfonamides is 1. The number of nitrogens with zero attached hydrogens (tertiary/aromatic N) is 1. The van der Waals surface area contributed by atoms with E-state index in [1.165, 1.54) is 15.6 Å². The first-order valence-electron chi connectivity index (χ1n) is 6.10. The third kappa shape index (κ3) is 2.01. The molecule has 0 amide bonds. The molecular weight excluding hydrogens is 292 g/mol. The molecule has 0 aliphatic carbocycles. The third-order valence-corrected chi connectivity index (χ3v) is 6.38. The summed E-state index contributed by atoms with van der Waals surface area (Å²) < 4.78 is 26.9. The van der Waals surface area contributed by atoms with Crippen LogP contribution in [0.3, 0.4) is 0 Å². The number of aromatic nitrogens is 1. The van der Waals surface area contributed by atoms with E-state index in [1.54, 1.807) is 24.6 Å². The van der Waals surface area contributed by atoms with Crippen molar-refractivity contribution in [2.75, 3.05) is 11.4 Å². The van der Waals surface area contributed by atoms with Crippen LogP contribution in [-0.2, 0) is 10.0 Å². The Morgan fingerprint density at radius 3 is 2.75 bits per heavy atom. The quantitative estimate of drug-likeness (QED) is 0.806. The lowest BCUT2D eigenvalue weighted by molar-refractivity contribution is 0.596. The van der Waals surface area contributed by atoms with E-state index in [1.807, 2.05) is 31.3 Å². The van der Waals surface area contributed by atoms with Gasteiger partial charge in [0.2, 0.25) is 0 Å². The van der Waals surface area contributed by atoms with Crippen LogP contribution < -0.4 is 4.31 Å². The molecule has 20 heavy (non-hydrogen) atoms. The van der Waals surface area contributed by atoms with Gasteiger partial charge in [0.1, 0.15) is 4.21 Å². The Labute approximate surface area is 121 Å². The number of anilines is 1. The molecule has 0 aliphatic heterocycles. The van der Waals surface area contributed by atoms with Crippen LogP contribution >= 0.6 is 11.3 Å². The highest BCUT2D eigenvalue weighted by molar-refractivity contribution is 7.94. The molecule has 0 saturated heterocycles. The van der Waals surface area contributed by atoms with E-state index >= 15 is 0 Å². The molecule has 4 nitrogen and oxygen atoms in total. The molecule has 2 aromatic heterocycles. The molecule has 3 aromatic rings. The first kappa shape index (κ1) is 13.2. The molecule has 0 bridgehead atoms. The molecule has 6 heteroatoms. The summed E-state index contributed by atoms with van der Waals surface area (Å²) in [6, 6.07) is 9.21. The molecule has 1 aromatic carbocycles. The zero-order valence-electron chi connectivity index (χ0n) is 11.1. The Bertz CT molecular complexity index is 849. The lowest BCUT2D eigenvalue weighted by Gasteiger charge is -2.20. The summed E-state index contributed by atoms with van der Waals surface area (Å²) in [4.78, 5) is 3.11. The van der Waals surface area contributed by atoms with Gasteiger partial charge in [0.15, 0.2) is 0 Å². The Morgan fingerprint density at radius 2 is 2.05 bits per heavy atom. The van der Waals surface area contributed by atoms with Gasteiger partial charge in [0, 0.05) is 18.6 Å². The van der Waals surface area contributed by atoms with Gasteiger partial charge in [-0.05, 0) is 42.1 Å². The minimum absolute atomic E-state index is 0.348. The molecule has 2 heterocycles. The summed E-state index contributed by atoms with van der Waals surface area (Å²) in [6.45, 7) is 1.96. The monoisotopic (exact) mass is 306 g/mol. The standard InChI is InChI=1S/C14H14N2O2S2/c1-10-8-11-5-6-15-14(11)12(9-10)16(2)20(17,18)13-4-3-7-19-13/h3-9,15H,1-2H3. The Balaban J connectivity index is 2.18. The molecule has 3 rings (SSSR count). The number of fused-ring (bicyclic) bond motifs is 1. The van der Waals surface area contributed by atoms with Gasteiger partial charge in [-0.1, -0.05) is 6.07 Å². The Morgan fingerprint density at radius 1 is 1.25 bits per heavy atom. The maximum atomic E-state index is 12.6. The van der Waals surface area contributed by atoms with Crippen LogP contribution in [0.15, 0.2) is 46.1 Å². The number of hydrogen-bond acceptors (Lipinski definition) is 3. The summed E-state index contributed by atoms with van der Waals surface area (Å²) >= 11 is 1.22. The second kappa shape index (κ2) is 4.64. The number of benzene rings is 1. The highest BCUT2D eigenvalue weighted by Gasteiger charge is 2.24. The Kier molecular flexibility index (Phi) is 3.07. The normalized spacial score (nSPS) is 11.9. The average molecular weight is 306 g/mol. The minimum Gasteiger partial charge on any atom is -0.359 e. The van der Waals surface area contributed by atoms with Crippen LogP contribution in [0.25, 0.3) is 10.9 Å². The molecule has 104 valence electrons. The van der Waals surface area contributed by atoms with Crippen molar-refractivity contribution in [2.24, 2.45) is 0 Å². The maximum absolute atomic E-state index is 12.6.